The van der Waals surface area contributed by atoms with Gasteiger partial charge in [-0.2, -0.15) is 0 Å². The lowest BCUT2D eigenvalue weighted by Crippen LogP contribution is -2.01. The van der Waals surface area contributed by atoms with Gasteiger partial charge in [-0.3, -0.25) is 0 Å². The Bertz CT molecular complexity index is 423. The summed E-state index contributed by atoms with van der Waals surface area (Å²) in [6, 6.07) is 9.48. The van der Waals surface area contributed by atoms with Crippen molar-refractivity contribution in [1.82, 2.24) is 4.98 Å². The normalized spacial score (nSPS) is 11.6. The van der Waals surface area contributed by atoms with Crippen molar-refractivity contribution in [2.24, 2.45) is 5.16 Å². The van der Waals surface area contributed by atoms with E-state index in [2.05, 4.69) is 10.1 Å². The Balaban J connectivity index is 2.43. The first kappa shape index (κ1) is 8.90. The summed E-state index contributed by atoms with van der Waals surface area (Å²) in [5.74, 6) is 0. The van der Waals surface area contributed by atoms with Crippen LogP contribution in [-0.2, 0) is 0 Å². The molecule has 0 radical (unpaired) electrons. The van der Waals surface area contributed by atoms with E-state index in [9.17, 15) is 0 Å². The molecule has 1 aromatic heterocycles. The summed E-state index contributed by atoms with van der Waals surface area (Å²) in [4.78, 5) is 4.09. The molecular weight excluding hydrogens is 196 g/mol. The Morgan fingerprint density at radius 3 is 2.64 bits per heavy atom. The van der Waals surface area contributed by atoms with Crippen molar-refractivity contribution in [2.75, 3.05) is 0 Å². The van der Waals surface area contributed by atoms with Crippen molar-refractivity contribution in [3.8, 4) is 0 Å². The first-order valence-electron chi connectivity index (χ1n) is 4.09. The first-order chi connectivity index (χ1) is 6.92. The highest BCUT2D eigenvalue weighted by Crippen LogP contribution is 2.12. The summed E-state index contributed by atoms with van der Waals surface area (Å²) in [5.41, 5.74) is 1.38. The summed E-state index contributed by atoms with van der Waals surface area (Å²) in [7, 11) is 0. The number of aromatic nitrogens is 1. The number of rotatable bonds is 2. The van der Waals surface area contributed by atoms with Crippen molar-refractivity contribution >= 4 is 17.0 Å². The zero-order valence-corrected chi connectivity index (χ0v) is 8.11. The predicted octanol–water partition coefficient (Wildman–Crippen LogP) is 2.37. The third-order valence-electron chi connectivity index (χ3n) is 1.78. The van der Waals surface area contributed by atoms with Gasteiger partial charge in [0.1, 0.15) is 10.7 Å². The maximum absolute atomic E-state index is 8.91. The summed E-state index contributed by atoms with van der Waals surface area (Å²) < 4.78 is 0. The maximum atomic E-state index is 8.91. The quantitative estimate of drug-likeness (QED) is 0.463. The highest BCUT2D eigenvalue weighted by molar-refractivity contribution is 7.11. The van der Waals surface area contributed by atoms with Gasteiger partial charge in [0.2, 0.25) is 0 Å². The monoisotopic (exact) mass is 204 g/mol. The van der Waals surface area contributed by atoms with Gasteiger partial charge in [-0.1, -0.05) is 35.5 Å². The van der Waals surface area contributed by atoms with Crippen molar-refractivity contribution < 1.29 is 5.21 Å². The summed E-state index contributed by atoms with van der Waals surface area (Å²) in [5, 5.41) is 14.7. The van der Waals surface area contributed by atoms with E-state index < -0.39 is 0 Å². The largest absolute Gasteiger partial charge is 0.410 e. The Morgan fingerprint density at radius 2 is 2.07 bits per heavy atom. The summed E-state index contributed by atoms with van der Waals surface area (Å²) >= 11 is 1.45. The third-order valence-corrected chi connectivity index (χ3v) is 2.56. The lowest BCUT2D eigenvalue weighted by Gasteiger charge is -1.99. The van der Waals surface area contributed by atoms with Crippen LogP contribution in [0.4, 0.5) is 0 Å². The molecule has 0 atom stereocenters. The van der Waals surface area contributed by atoms with Gasteiger partial charge < -0.3 is 5.21 Å². The molecule has 0 aliphatic heterocycles. The van der Waals surface area contributed by atoms with Crippen LogP contribution in [0, 0.1) is 0 Å². The van der Waals surface area contributed by atoms with Crippen LogP contribution in [0.25, 0.3) is 0 Å². The van der Waals surface area contributed by atoms with Crippen LogP contribution in [-0.4, -0.2) is 15.9 Å². The van der Waals surface area contributed by atoms with E-state index in [1.165, 1.54) is 11.3 Å². The lowest BCUT2D eigenvalue weighted by atomic mass is 10.1. The predicted molar refractivity (Wildman–Crippen MR) is 56.0 cm³/mol. The molecular formula is C10H8N2OS. The number of oxime groups is 1. The van der Waals surface area contributed by atoms with E-state index in [4.69, 9.17) is 5.21 Å². The zero-order chi connectivity index (χ0) is 9.80. The van der Waals surface area contributed by atoms with Gasteiger partial charge in [-0.05, 0) is 0 Å². The van der Waals surface area contributed by atoms with Crippen LogP contribution in [0.2, 0.25) is 0 Å². The fourth-order valence-corrected chi connectivity index (χ4v) is 1.80. The average molecular weight is 204 g/mol. The van der Waals surface area contributed by atoms with Gasteiger partial charge in [0.25, 0.3) is 0 Å². The molecule has 14 heavy (non-hydrogen) atoms. The van der Waals surface area contributed by atoms with Crippen molar-refractivity contribution in [3.63, 3.8) is 0 Å². The number of nitrogens with zero attached hydrogens (tertiary/aromatic N) is 2. The van der Waals surface area contributed by atoms with Crippen LogP contribution < -0.4 is 0 Å². The molecule has 1 aromatic carbocycles. The molecule has 0 fully saturated rings. The van der Waals surface area contributed by atoms with Gasteiger partial charge in [-0.25, -0.2) is 4.98 Å². The molecule has 0 aliphatic rings. The number of benzene rings is 1. The average Bonchev–Trinajstić information content (AvgIpc) is 2.74. The Kier molecular flexibility index (Phi) is 2.55. The fourth-order valence-electron chi connectivity index (χ4n) is 1.16. The molecule has 0 saturated heterocycles. The molecule has 1 heterocycles. The molecule has 2 aromatic rings. The molecule has 2 rings (SSSR count). The molecule has 0 saturated carbocycles. The fraction of sp³-hybridized carbons (Fsp3) is 0. The Morgan fingerprint density at radius 1 is 1.29 bits per heavy atom. The van der Waals surface area contributed by atoms with E-state index >= 15 is 0 Å². The van der Waals surface area contributed by atoms with Gasteiger partial charge >= 0.3 is 0 Å². The van der Waals surface area contributed by atoms with E-state index in [0.29, 0.717) is 5.71 Å². The van der Waals surface area contributed by atoms with Crippen LogP contribution in [0.1, 0.15) is 10.6 Å². The maximum Gasteiger partial charge on any atom is 0.145 e. The Hall–Kier alpha value is -1.68. The second kappa shape index (κ2) is 4.02. The van der Waals surface area contributed by atoms with Gasteiger partial charge in [0.15, 0.2) is 0 Å². The molecule has 3 nitrogen and oxygen atoms in total. The highest BCUT2D eigenvalue weighted by atomic mass is 32.1. The molecule has 4 heteroatoms. The minimum absolute atomic E-state index is 0.514. The Labute approximate surface area is 85.4 Å². The van der Waals surface area contributed by atoms with Crippen LogP contribution in [0.3, 0.4) is 0 Å². The third kappa shape index (κ3) is 1.65. The minimum Gasteiger partial charge on any atom is -0.410 e. The summed E-state index contributed by atoms with van der Waals surface area (Å²) in [6.07, 6.45) is 1.69. The number of hydrogen-bond acceptors (Lipinski definition) is 4. The lowest BCUT2D eigenvalue weighted by molar-refractivity contribution is 0.319. The van der Waals surface area contributed by atoms with Crippen LogP contribution >= 0.6 is 11.3 Å². The van der Waals surface area contributed by atoms with Crippen LogP contribution in [0.15, 0.2) is 47.1 Å². The van der Waals surface area contributed by atoms with Crippen molar-refractivity contribution in [2.45, 2.75) is 0 Å². The second-order valence-corrected chi connectivity index (χ2v) is 3.55. The molecule has 70 valence electrons. The van der Waals surface area contributed by atoms with E-state index in [-0.39, 0.29) is 0 Å². The number of thiazole rings is 1. The topological polar surface area (TPSA) is 45.5 Å². The van der Waals surface area contributed by atoms with Crippen molar-refractivity contribution in [1.29, 1.82) is 0 Å². The minimum atomic E-state index is 0.514. The second-order valence-electron chi connectivity index (χ2n) is 2.65. The highest BCUT2D eigenvalue weighted by Gasteiger charge is 2.08. The molecule has 0 aliphatic carbocycles. The molecule has 0 spiro atoms. The number of hydrogen-bond donors (Lipinski definition) is 1. The van der Waals surface area contributed by atoms with Crippen molar-refractivity contribution in [3.05, 3.63) is 52.5 Å². The smallest absolute Gasteiger partial charge is 0.145 e. The van der Waals surface area contributed by atoms with Gasteiger partial charge in [0, 0.05) is 17.1 Å². The molecule has 0 unspecified atom stereocenters. The first-order valence-corrected chi connectivity index (χ1v) is 4.97. The van der Waals surface area contributed by atoms with E-state index in [1.807, 2.05) is 35.7 Å². The molecule has 0 bridgehead atoms. The van der Waals surface area contributed by atoms with Crippen LogP contribution in [0.5, 0.6) is 0 Å². The molecule has 1 N–H and O–H groups in total. The summed E-state index contributed by atoms with van der Waals surface area (Å²) in [6.45, 7) is 0. The zero-order valence-electron chi connectivity index (χ0n) is 7.29. The van der Waals surface area contributed by atoms with E-state index in [1.54, 1.807) is 6.20 Å². The SMILES string of the molecule is O/N=C(\c1ccccc1)c1nccs1. The van der Waals surface area contributed by atoms with Gasteiger partial charge in [-0.15, -0.1) is 11.3 Å². The van der Waals surface area contributed by atoms with E-state index in [0.717, 1.165) is 10.6 Å². The van der Waals surface area contributed by atoms with Gasteiger partial charge in [0.05, 0.1) is 0 Å². The molecule has 0 amide bonds. The standard InChI is InChI=1S/C10H8N2OS/c13-12-9(10-11-6-7-14-10)8-4-2-1-3-5-8/h1-7,13H/b12-9+.